The number of nitrogens with one attached hydrogen (secondary N) is 1. The number of carbonyl (C=O) groups excluding carboxylic acids is 1. The van der Waals surface area contributed by atoms with Gasteiger partial charge in [0.15, 0.2) is 0 Å². The first kappa shape index (κ1) is 15.6. The fourth-order valence-corrected chi connectivity index (χ4v) is 2.57. The Labute approximate surface area is 122 Å². The van der Waals surface area contributed by atoms with E-state index < -0.39 is 17.7 Å². The third kappa shape index (κ3) is 4.62. The van der Waals surface area contributed by atoms with Crippen LogP contribution in [0.2, 0.25) is 0 Å². The van der Waals surface area contributed by atoms with E-state index in [4.69, 9.17) is 0 Å². The van der Waals surface area contributed by atoms with Crippen LogP contribution in [0.5, 0.6) is 0 Å². The molecule has 0 atom stereocenters. The number of halogens is 3. The third-order valence-electron chi connectivity index (χ3n) is 3.62. The van der Waals surface area contributed by atoms with E-state index >= 15 is 0 Å². The molecule has 0 radical (unpaired) electrons. The molecule has 1 aliphatic carbocycles. The number of carbonyl (C=O) groups is 1. The number of allylic oxidation sites excluding steroid dienone is 1. The van der Waals surface area contributed by atoms with Crippen molar-refractivity contribution in [2.45, 2.75) is 44.3 Å². The summed E-state index contributed by atoms with van der Waals surface area (Å²) >= 11 is 0. The molecule has 0 heterocycles. The number of alkyl halides is 3. The predicted octanol–water partition coefficient (Wildman–Crippen LogP) is 4.08. The number of hydrogen-bond acceptors (Lipinski definition) is 1. The molecule has 1 amide bonds. The maximum Gasteiger partial charge on any atom is 0.417 e. The van der Waals surface area contributed by atoms with Crippen molar-refractivity contribution in [1.29, 1.82) is 0 Å². The zero-order valence-electron chi connectivity index (χ0n) is 11.6. The molecular weight excluding hydrogens is 279 g/mol. The normalized spacial score (nSPS) is 17.6. The van der Waals surface area contributed by atoms with Gasteiger partial charge in [0, 0.05) is 12.1 Å². The standard InChI is InChI=1S/C16H18F3NO/c17-16(18,19)14(12-7-3-1-4-8-12)11-15(21)20-13-9-5-2-6-10-13/h1,3-4,7-8,11,13H,2,5-6,9-10H2,(H,20,21)/b14-11+. The fraction of sp³-hybridized carbons (Fsp3) is 0.438. The summed E-state index contributed by atoms with van der Waals surface area (Å²) in [6.07, 6.45) is 0.951. The Morgan fingerprint density at radius 3 is 2.29 bits per heavy atom. The summed E-state index contributed by atoms with van der Waals surface area (Å²) < 4.78 is 39.3. The van der Waals surface area contributed by atoms with Crippen molar-refractivity contribution in [3.8, 4) is 0 Å². The van der Waals surface area contributed by atoms with Crippen molar-refractivity contribution >= 4 is 11.5 Å². The molecule has 1 saturated carbocycles. The third-order valence-corrected chi connectivity index (χ3v) is 3.62. The molecule has 114 valence electrons. The summed E-state index contributed by atoms with van der Waals surface area (Å²) in [5.41, 5.74) is -0.903. The first-order valence-electron chi connectivity index (χ1n) is 7.11. The van der Waals surface area contributed by atoms with Gasteiger partial charge in [0.05, 0.1) is 5.57 Å². The Kier molecular flexibility index (Phi) is 5.04. The number of benzene rings is 1. The van der Waals surface area contributed by atoms with E-state index in [-0.39, 0.29) is 11.6 Å². The molecule has 0 aromatic heterocycles. The largest absolute Gasteiger partial charge is 0.417 e. The van der Waals surface area contributed by atoms with Gasteiger partial charge in [0.25, 0.3) is 0 Å². The highest BCUT2D eigenvalue weighted by molar-refractivity contribution is 5.96. The summed E-state index contributed by atoms with van der Waals surface area (Å²) in [5, 5.41) is 2.68. The highest BCUT2D eigenvalue weighted by atomic mass is 19.4. The molecular formula is C16H18F3NO. The van der Waals surface area contributed by atoms with Gasteiger partial charge in [-0.25, -0.2) is 0 Å². The Hall–Kier alpha value is -1.78. The highest BCUT2D eigenvalue weighted by Gasteiger charge is 2.35. The quantitative estimate of drug-likeness (QED) is 0.837. The SMILES string of the molecule is O=C(/C=C(\c1ccccc1)C(F)(F)F)NC1CCCCC1. The average molecular weight is 297 g/mol. The lowest BCUT2D eigenvalue weighted by molar-refractivity contribution is -0.117. The molecule has 1 aliphatic rings. The molecule has 0 saturated heterocycles. The van der Waals surface area contributed by atoms with Crippen molar-refractivity contribution in [2.24, 2.45) is 0 Å². The van der Waals surface area contributed by atoms with Gasteiger partial charge in [0.1, 0.15) is 0 Å². The maximum atomic E-state index is 13.1. The summed E-state index contributed by atoms with van der Waals surface area (Å²) in [4.78, 5) is 11.9. The lowest BCUT2D eigenvalue weighted by Crippen LogP contribution is -2.35. The molecule has 2 nitrogen and oxygen atoms in total. The van der Waals surface area contributed by atoms with Crippen LogP contribution >= 0.6 is 0 Å². The van der Waals surface area contributed by atoms with Crippen molar-refractivity contribution in [1.82, 2.24) is 5.32 Å². The number of amides is 1. The minimum Gasteiger partial charge on any atom is -0.350 e. The minimum atomic E-state index is -4.55. The van der Waals surface area contributed by atoms with Gasteiger partial charge in [-0.3, -0.25) is 4.79 Å². The van der Waals surface area contributed by atoms with Crippen LogP contribution in [-0.4, -0.2) is 18.1 Å². The van der Waals surface area contributed by atoms with Crippen LogP contribution in [0.15, 0.2) is 36.4 Å². The van der Waals surface area contributed by atoms with Crippen LogP contribution in [-0.2, 0) is 4.79 Å². The lowest BCUT2D eigenvalue weighted by Gasteiger charge is -2.22. The second-order valence-electron chi connectivity index (χ2n) is 5.27. The molecule has 0 unspecified atom stereocenters. The van der Waals surface area contributed by atoms with Gasteiger partial charge in [-0.2, -0.15) is 13.2 Å². The molecule has 0 spiro atoms. The lowest BCUT2D eigenvalue weighted by atomic mass is 9.95. The van der Waals surface area contributed by atoms with E-state index in [1.54, 1.807) is 6.07 Å². The summed E-state index contributed by atoms with van der Waals surface area (Å²) in [6.45, 7) is 0. The fourth-order valence-electron chi connectivity index (χ4n) is 2.57. The van der Waals surface area contributed by atoms with E-state index in [1.165, 1.54) is 24.3 Å². The Bertz CT molecular complexity index is 502. The van der Waals surface area contributed by atoms with Gasteiger partial charge in [-0.15, -0.1) is 0 Å². The molecule has 1 aromatic carbocycles. The Morgan fingerprint density at radius 2 is 1.71 bits per heavy atom. The summed E-state index contributed by atoms with van der Waals surface area (Å²) in [7, 11) is 0. The van der Waals surface area contributed by atoms with Crippen molar-refractivity contribution in [3.05, 3.63) is 42.0 Å². The van der Waals surface area contributed by atoms with Crippen molar-refractivity contribution < 1.29 is 18.0 Å². The predicted molar refractivity (Wildman–Crippen MR) is 75.5 cm³/mol. The number of hydrogen-bond donors (Lipinski definition) is 1. The van der Waals surface area contributed by atoms with Crippen LogP contribution in [0.4, 0.5) is 13.2 Å². The molecule has 0 bridgehead atoms. The molecule has 1 N–H and O–H groups in total. The van der Waals surface area contributed by atoms with Gasteiger partial charge in [-0.1, -0.05) is 49.6 Å². The molecule has 21 heavy (non-hydrogen) atoms. The zero-order valence-corrected chi connectivity index (χ0v) is 11.6. The summed E-state index contributed by atoms with van der Waals surface area (Å²) in [6, 6.07) is 7.38. The Morgan fingerprint density at radius 1 is 1.10 bits per heavy atom. The van der Waals surface area contributed by atoms with Crippen LogP contribution in [0, 0.1) is 0 Å². The smallest absolute Gasteiger partial charge is 0.350 e. The average Bonchev–Trinajstić information content (AvgIpc) is 2.45. The van der Waals surface area contributed by atoms with Crippen LogP contribution in [0.25, 0.3) is 5.57 Å². The molecule has 1 aromatic rings. The first-order chi connectivity index (χ1) is 9.97. The Balaban J connectivity index is 2.14. The topological polar surface area (TPSA) is 29.1 Å². The van der Waals surface area contributed by atoms with Gasteiger partial charge in [0.2, 0.25) is 5.91 Å². The first-order valence-corrected chi connectivity index (χ1v) is 7.11. The van der Waals surface area contributed by atoms with E-state index in [1.807, 2.05) is 0 Å². The van der Waals surface area contributed by atoms with Gasteiger partial charge in [-0.05, 0) is 18.4 Å². The monoisotopic (exact) mass is 297 g/mol. The second kappa shape index (κ2) is 6.78. The maximum absolute atomic E-state index is 13.1. The van der Waals surface area contributed by atoms with Crippen LogP contribution in [0.3, 0.4) is 0 Å². The van der Waals surface area contributed by atoms with E-state index in [0.29, 0.717) is 6.08 Å². The molecule has 1 fully saturated rings. The van der Waals surface area contributed by atoms with Gasteiger partial charge < -0.3 is 5.32 Å². The highest BCUT2D eigenvalue weighted by Crippen LogP contribution is 2.33. The minimum absolute atomic E-state index is 0.00351. The van der Waals surface area contributed by atoms with Crippen LogP contribution < -0.4 is 5.32 Å². The molecule has 0 aliphatic heterocycles. The number of rotatable bonds is 3. The van der Waals surface area contributed by atoms with Gasteiger partial charge >= 0.3 is 6.18 Å². The second-order valence-corrected chi connectivity index (χ2v) is 5.27. The van der Waals surface area contributed by atoms with Crippen LogP contribution in [0.1, 0.15) is 37.7 Å². The van der Waals surface area contributed by atoms with E-state index in [2.05, 4.69) is 5.32 Å². The summed E-state index contributed by atoms with van der Waals surface area (Å²) in [5.74, 6) is -0.668. The zero-order chi connectivity index (χ0) is 15.3. The molecule has 5 heteroatoms. The van der Waals surface area contributed by atoms with Crippen molar-refractivity contribution in [3.63, 3.8) is 0 Å². The van der Waals surface area contributed by atoms with Crippen molar-refractivity contribution in [2.75, 3.05) is 0 Å². The molecule has 2 rings (SSSR count). The van der Waals surface area contributed by atoms with E-state index in [9.17, 15) is 18.0 Å². The van der Waals surface area contributed by atoms with E-state index in [0.717, 1.165) is 32.1 Å².